The molecule has 1 aromatic rings. The van der Waals surface area contributed by atoms with Crippen LogP contribution in [-0.4, -0.2) is 29.1 Å². The highest BCUT2D eigenvalue weighted by Crippen LogP contribution is 2.22. The van der Waals surface area contributed by atoms with E-state index in [0.29, 0.717) is 0 Å². The van der Waals surface area contributed by atoms with Crippen LogP contribution in [0.15, 0.2) is 18.2 Å². The number of halogens is 1. The molecule has 0 aromatic heterocycles. The fourth-order valence-corrected chi connectivity index (χ4v) is 1.34. The summed E-state index contributed by atoms with van der Waals surface area (Å²) in [6.45, 7) is 1.25. The van der Waals surface area contributed by atoms with Crippen molar-refractivity contribution in [3.8, 4) is 5.75 Å². The summed E-state index contributed by atoms with van der Waals surface area (Å²) in [5, 5.41) is 11.4. The Labute approximate surface area is 113 Å². The molecule has 0 aliphatic rings. The van der Waals surface area contributed by atoms with Gasteiger partial charge < -0.3 is 15.6 Å². The first-order valence-corrected chi connectivity index (χ1v) is 5.49. The quantitative estimate of drug-likeness (QED) is 0.710. The van der Waals surface area contributed by atoms with Crippen molar-refractivity contribution in [2.45, 2.75) is 13.0 Å². The number of hydrogen-bond acceptors (Lipinski definition) is 5. The molecule has 0 heterocycles. The summed E-state index contributed by atoms with van der Waals surface area (Å²) in [4.78, 5) is 33.4. The first-order valence-electron chi connectivity index (χ1n) is 5.11. The van der Waals surface area contributed by atoms with E-state index in [1.807, 2.05) is 0 Å². The first kappa shape index (κ1) is 14.8. The van der Waals surface area contributed by atoms with Gasteiger partial charge >= 0.3 is 12.0 Å². The minimum atomic E-state index is -1.25. The van der Waals surface area contributed by atoms with E-state index in [1.54, 1.807) is 5.32 Å². The lowest BCUT2D eigenvalue weighted by molar-refractivity contribution is -0.127. The molecule has 0 aliphatic carbocycles. The Bertz CT molecular complexity index is 532. The molecule has 0 spiro atoms. The van der Waals surface area contributed by atoms with E-state index in [9.17, 15) is 19.5 Å². The predicted octanol–water partition coefficient (Wildman–Crippen LogP) is 0.786. The molecule has 3 amide bonds. The van der Waals surface area contributed by atoms with Crippen molar-refractivity contribution in [1.82, 2.24) is 5.32 Å². The summed E-state index contributed by atoms with van der Waals surface area (Å²) in [5.41, 5.74) is 4.56. The minimum Gasteiger partial charge on any atom is -0.507 e. The fraction of sp³-hybridized carbons (Fsp3) is 0.182. The van der Waals surface area contributed by atoms with Gasteiger partial charge in [0.05, 0.1) is 0 Å². The van der Waals surface area contributed by atoms with Crippen molar-refractivity contribution in [2.24, 2.45) is 5.73 Å². The van der Waals surface area contributed by atoms with Gasteiger partial charge in [0.25, 0.3) is 5.91 Å². The zero-order valence-corrected chi connectivity index (χ0v) is 10.6. The smallest absolute Gasteiger partial charge is 0.342 e. The van der Waals surface area contributed by atoms with Crippen molar-refractivity contribution >= 4 is 29.5 Å². The van der Waals surface area contributed by atoms with Crippen LogP contribution in [0.2, 0.25) is 5.02 Å². The molecule has 0 bridgehead atoms. The van der Waals surface area contributed by atoms with Crippen molar-refractivity contribution in [3.05, 3.63) is 28.8 Å². The number of nitrogens with two attached hydrogens (primary N) is 1. The summed E-state index contributed by atoms with van der Waals surface area (Å²) < 4.78 is 4.76. The minimum absolute atomic E-state index is 0.189. The van der Waals surface area contributed by atoms with Crippen LogP contribution in [0.4, 0.5) is 4.79 Å². The van der Waals surface area contributed by atoms with Crippen molar-refractivity contribution in [1.29, 1.82) is 0 Å². The monoisotopic (exact) mass is 286 g/mol. The van der Waals surface area contributed by atoms with E-state index >= 15 is 0 Å². The maximum Gasteiger partial charge on any atom is 0.342 e. The second-order valence-corrected chi connectivity index (χ2v) is 4.00. The van der Waals surface area contributed by atoms with E-state index in [1.165, 1.54) is 25.1 Å². The first-order chi connectivity index (χ1) is 8.81. The molecule has 0 fully saturated rings. The Morgan fingerprint density at radius 2 is 2.05 bits per heavy atom. The van der Waals surface area contributed by atoms with E-state index < -0.39 is 24.0 Å². The molecule has 7 nitrogen and oxygen atoms in total. The zero-order valence-electron chi connectivity index (χ0n) is 9.84. The van der Waals surface area contributed by atoms with Gasteiger partial charge in [-0.15, -0.1) is 0 Å². The Kier molecular flexibility index (Phi) is 4.71. The van der Waals surface area contributed by atoms with Gasteiger partial charge in [-0.3, -0.25) is 10.1 Å². The number of urea groups is 1. The number of hydrogen-bond donors (Lipinski definition) is 3. The molecule has 19 heavy (non-hydrogen) atoms. The van der Waals surface area contributed by atoms with E-state index in [2.05, 4.69) is 0 Å². The number of phenols is 1. The summed E-state index contributed by atoms with van der Waals surface area (Å²) in [6, 6.07) is 2.74. The van der Waals surface area contributed by atoms with Crippen molar-refractivity contribution in [2.75, 3.05) is 0 Å². The van der Waals surface area contributed by atoms with Gasteiger partial charge in [0, 0.05) is 5.02 Å². The average Bonchev–Trinajstić information content (AvgIpc) is 2.31. The molecular weight excluding hydrogens is 276 g/mol. The Morgan fingerprint density at radius 1 is 1.42 bits per heavy atom. The molecule has 0 aliphatic heterocycles. The molecule has 1 atom stereocenters. The summed E-state index contributed by atoms with van der Waals surface area (Å²) in [7, 11) is 0. The molecule has 0 saturated heterocycles. The molecule has 0 saturated carbocycles. The third kappa shape index (κ3) is 4.14. The second kappa shape index (κ2) is 6.05. The highest BCUT2D eigenvalue weighted by atomic mass is 35.5. The molecule has 8 heteroatoms. The molecular formula is C11H11ClN2O5. The number of amides is 3. The van der Waals surface area contributed by atoms with Gasteiger partial charge in [0.15, 0.2) is 6.10 Å². The number of benzene rings is 1. The zero-order chi connectivity index (χ0) is 14.6. The number of esters is 1. The van der Waals surface area contributed by atoms with Crippen LogP contribution in [-0.2, 0) is 9.53 Å². The Morgan fingerprint density at radius 3 is 2.63 bits per heavy atom. The number of phenolic OH excluding ortho intramolecular Hbond substituents is 1. The lowest BCUT2D eigenvalue weighted by Gasteiger charge is -2.12. The van der Waals surface area contributed by atoms with E-state index in [-0.39, 0.29) is 16.3 Å². The molecule has 1 rings (SSSR count). The van der Waals surface area contributed by atoms with Crippen LogP contribution >= 0.6 is 11.6 Å². The van der Waals surface area contributed by atoms with Crippen LogP contribution in [0.1, 0.15) is 17.3 Å². The third-order valence-electron chi connectivity index (χ3n) is 2.08. The number of primary amides is 1. The van der Waals surface area contributed by atoms with Gasteiger partial charge in [-0.2, -0.15) is 0 Å². The van der Waals surface area contributed by atoms with Gasteiger partial charge in [0.2, 0.25) is 0 Å². The lowest BCUT2D eigenvalue weighted by atomic mass is 10.2. The standard InChI is InChI=1S/C11H11ClN2O5/c1-5(9(16)14-11(13)18)19-10(17)7-4-6(12)2-3-8(7)15/h2-5,15H,1H3,(H3,13,14,16,18)/t5-/m1/s1. The molecule has 0 unspecified atom stereocenters. The Balaban J connectivity index is 2.77. The van der Waals surface area contributed by atoms with Crippen LogP contribution in [0, 0.1) is 0 Å². The molecule has 1 aromatic carbocycles. The number of imide groups is 1. The third-order valence-corrected chi connectivity index (χ3v) is 2.31. The van der Waals surface area contributed by atoms with Crippen LogP contribution in [0.5, 0.6) is 5.75 Å². The van der Waals surface area contributed by atoms with E-state index in [4.69, 9.17) is 22.1 Å². The average molecular weight is 287 g/mol. The van der Waals surface area contributed by atoms with Crippen molar-refractivity contribution < 1.29 is 24.2 Å². The number of carbonyl (C=O) groups excluding carboxylic acids is 3. The number of carbonyl (C=O) groups is 3. The van der Waals surface area contributed by atoms with Crippen LogP contribution in [0.3, 0.4) is 0 Å². The summed E-state index contributed by atoms with van der Waals surface area (Å²) in [5.74, 6) is -2.16. The number of nitrogens with one attached hydrogen (secondary N) is 1. The lowest BCUT2D eigenvalue weighted by Crippen LogP contribution is -2.42. The van der Waals surface area contributed by atoms with Gasteiger partial charge in [0.1, 0.15) is 11.3 Å². The van der Waals surface area contributed by atoms with Gasteiger partial charge in [-0.1, -0.05) is 11.6 Å². The highest BCUT2D eigenvalue weighted by Gasteiger charge is 2.21. The second-order valence-electron chi connectivity index (χ2n) is 3.56. The summed E-state index contributed by atoms with van der Waals surface area (Å²) in [6.07, 6.45) is -1.25. The highest BCUT2D eigenvalue weighted by molar-refractivity contribution is 6.31. The van der Waals surface area contributed by atoms with Crippen molar-refractivity contribution in [3.63, 3.8) is 0 Å². The largest absolute Gasteiger partial charge is 0.507 e. The number of aromatic hydroxyl groups is 1. The normalized spacial score (nSPS) is 11.5. The van der Waals surface area contributed by atoms with Crippen LogP contribution < -0.4 is 11.1 Å². The molecule has 4 N–H and O–H groups in total. The maximum absolute atomic E-state index is 11.7. The number of ether oxygens (including phenoxy) is 1. The fourth-order valence-electron chi connectivity index (χ4n) is 1.17. The molecule has 0 radical (unpaired) electrons. The molecule has 102 valence electrons. The number of rotatable bonds is 3. The maximum atomic E-state index is 11.7. The Hall–Kier alpha value is -2.28. The van der Waals surface area contributed by atoms with Gasteiger partial charge in [-0.25, -0.2) is 9.59 Å². The van der Waals surface area contributed by atoms with Crippen LogP contribution in [0.25, 0.3) is 0 Å². The predicted molar refractivity (Wildman–Crippen MR) is 65.7 cm³/mol. The summed E-state index contributed by atoms with van der Waals surface area (Å²) >= 11 is 5.67. The van der Waals surface area contributed by atoms with Gasteiger partial charge in [-0.05, 0) is 25.1 Å². The van der Waals surface area contributed by atoms with E-state index in [0.717, 1.165) is 0 Å². The SMILES string of the molecule is C[C@@H](OC(=O)c1cc(Cl)ccc1O)C(=O)NC(N)=O. The topological polar surface area (TPSA) is 119 Å².